The van der Waals surface area contributed by atoms with Gasteiger partial charge in [-0.25, -0.2) is 13.6 Å². The molecule has 0 bridgehead atoms. The lowest BCUT2D eigenvalue weighted by Gasteiger charge is -2.17. The summed E-state index contributed by atoms with van der Waals surface area (Å²) in [6, 6.07) is 1.50. The van der Waals surface area contributed by atoms with Crippen LogP contribution in [-0.4, -0.2) is 39.9 Å². The molecule has 1 amide bonds. The highest BCUT2D eigenvalue weighted by atomic mass is 32.2. The van der Waals surface area contributed by atoms with Gasteiger partial charge in [0.15, 0.2) is 0 Å². The molecule has 118 valence electrons. The van der Waals surface area contributed by atoms with Crippen LogP contribution in [0.3, 0.4) is 0 Å². The first kappa shape index (κ1) is 17.5. The van der Waals surface area contributed by atoms with E-state index < -0.39 is 10.0 Å². The third kappa shape index (κ3) is 4.18. The number of rotatable bonds is 5. The molecular formula is C14H22N2O4S. The zero-order valence-electron chi connectivity index (χ0n) is 13.1. The SMILES string of the molecule is Cc1cc(S(N)(=O)=O)c(C)c(C)c1OCCC(=O)N(C)C. The van der Waals surface area contributed by atoms with Crippen LogP contribution < -0.4 is 9.88 Å². The van der Waals surface area contributed by atoms with Crippen molar-refractivity contribution in [2.75, 3.05) is 20.7 Å². The lowest BCUT2D eigenvalue weighted by Crippen LogP contribution is -2.23. The van der Waals surface area contributed by atoms with Crippen LogP contribution in [-0.2, 0) is 14.8 Å². The summed E-state index contributed by atoms with van der Waals surface area (Å²) in [5.41, 5.74) is 1.97. The number of hydrogen-bond acceptors (Lipinski definition) is 4. The Bertz CT molecular complexity index is 651. The monoisotopic (exact) mass is 314 g/mol. The second-order valence-corrected chi connectivity index (χ2v) is 6.73. The van der Waals surface area contributed by atoms with Gasteiger partial charge in [0.25, 0.3) is 0 Å². The molecule has 0 radical (unpaired) electrons. The van der Waals surface area contributed by atoms with E-state index in [1.807, 2.05) is 0 Å². The van der Waals surface area contributed by atoms with Gasteiger partial charge in [-0.2, -0.15) is 0 Å². The van der Waals surface area contributed by atoms with E-state index in [0.717, 1.165) is 5.56 Å². The van der Waals surface area contributed by atoms with Crippen molar-refractivity contribution in [3.05, 3.63) is 22.8 Å². The summed E-state index contributed by atoms with van der Waals surface area (Å²) in [6.07, 6.45) is 0.266. The number of benzene rings is 1. The summed E-state index contributed by atoms with van der Waals surface area (Å²) in [6.45, 7) is 5.46. The van der Waals surface area contributed by atoms with E-state index in [1.54, 1.807) is 34.9 Å². The number of aryl methyl sites for hydroxylation is 1. The molecule has 0 saturated heterocycles. The molecule has 0 fully saturated rings. The Hall–Kier alpha value is -1.60. The molecule has 0 aliphatic rings. The normalized spacial score (nSPS) is 11.3. The van der Waals surface area contributed by atoms with Gasteiger partial charge >= 0.3 is 0 Å². The topological polar surface area (TPSA) is 89.7 Å². The second-order valence-electron chi connectivity index (χ2n) is 5.20. The highest BCUT2D eigenvalue weighted by Gasteiger charge is 2.18. The molecule has 6 nitrogen and oxygen atoms in total. The van der Waals surface area contributed by atoms with Crippen molar-refractivity contribution < 1.29 is 17.9 Å². The molecule has 21 heavy (non-hydrogen) atoms. The standard InChI is InChI=1S/C14H22N2O4S/c1-9-8-12(21(15,18)19)10(2)11(3)14(9)20-7-6-13(17)16(4)5/h8H,6-7H2,1-5H3,(H2,15,18,19). The van der Waals surface area contributed by atoms with Gasteiger partial charge in [-0.05, 0) is 43.5 Å². The van der Waals surface area contributed by atoms with E-state index in [0.29, 0.717) is 16.9 Å². The lowest BCUT2D eigenvalue weighted by atomic mass is 10.1. The Kier molecular flexibility index (Phi) is 5.36. The van der Waals surface area contributed by atoms with Crippen LogP contribution >= 0.6 is 0 Å². The largest absolute Gasteiger partial charge is 0.492 e. The van der Waals surface area contributed by atoms with E-state index in [-0.39, 0.29) is 23.8 Å². The molecule has 2 N–H and O–H groups in total. The van der Waals surface area contributed by atoms with Gasteiger partial charge in [-0.1, -0.05) is 0 Å². The van der Waals surface area contributed by atoms with Crippen molar-refractivity contribution in [2.45, 2.75) is 32.1 Å². The third-order valence-electron chi connectivity index (χ3n) is 3.35. The van der Waals surface area contributed by atoms with Gasteiger partial charge in [-0.3, -0.25) is 4.79 Å². The smallest absolute Gasteiger partial charge is 0.238 e. The molecular weight excluding hydrogens is 292 g/mol. The van der Waals surface area contributed by atoms with E-state index >= 15 is 0 Å². The first-order valence-electron chi connectivity index (χ1n) is 6.52. The lowest BCUT2D eigenvalue weighted by molar-refractivity contribution is -0.129. The Morgan fingerprint density at radius 2 is 1.81 bits per heavy atom. The van der Waals surface area contributed by atoms with Crippen LogP contribution in [0.1, 0.15) is 23.1 Å². The quantitative estimate of drug-likeness (QED) is 0.881. The van der Waals surface area contributed by atoms with Gasteiger partial charge in [-0.15, -0.1) is 0 Å². The molecule has 0 aromatic heterocycles. The molecule has 1 aromatic rings. The average Bonchev–Trinajstić information content (AvgIpc) is 2.36. The molecule has 0 heterocycles. The van der Waals surface area contributed by atoms with Crippen LogP contribution in [0.15, 0.2) is 11.0 Å². The maximum Gasteiger partial charge on any atom is 0.238 e. The number of ether oxygens (including phenoxy) is 1. The fourth-order valence-corrected chi connectivity index (χ4v) is 2.92. The molecule has 7 heteroatoms. The van der Waals surface area contributed by atoms with Gasteiger partial charge in [0.05, 0.1) is 17.9 Å². The van der Waals surface area contributed by atoms with E-state index in [4.69, 9.17) is 9.88 Å². The Morgan fingerprint density at radius 1 is 1.24 bits per heavy atom. The molecule has 1 aromatic carbocycles. The Balaban J connectivity index is 3.01. The van der Waals surface area contributed by atoms with Gasteiger partial charge < -0.3 is 9.64 Å². The molecule has 0 saturated carbocycles. The first-order valence-corrected chi connectivity index (χ1v) is 8.07. The maximum atomic E-state index is 11.5. The minimum Gasteiger partial charge on any atom is -0.492 e. The van der Waals surface area contributed by atoms with Crippen molar-refractivity contribution in [2.24, 2.45) is 5.14 Å². The van der Waals surface area contributed by atoms with Crippen LogP contribution in [0.5, 0.6) is 5.75 Å². The number of carbonyl (C=O) groups excluding carboxylic acids is 1. The number of carbonyl (C=O) groups is 1. The average molecular weight is 314 g/mol. The number of sulfonamides is 1. The minimum absolute atomic E-state index is 0.0248. The Labute approximate surface area is 125 Å². The van der Waals surface area contributed by atoms with Gasteiger partial charge in [0.1, 0.15) is 5.75 Å². The van der Waals surface area contributed by atoms with Gasteiger partial charge in [0, 0.05) is 14.1 Å². The van der Waals surface area contributed by atoms with Crippen LogP contribution in [0.25, 0.3) is 0 Å². The predicted molar refractivity (Wildman–Crippen MR) is 80.8 cm³/mol. The molecule has 1 rings (SSSR count). The molecule has 0 aliphatic heterocycles. The summed E-state index contributed by atoms with van der Waals surface area (Å²) in [7, 11) is -0.388. The number of nitrogens with two attached hydrogens (primary N) is 1. The van der Waals surface area contributed by atoms with Crippen LogP contribution in [0.2, 0.25) is 0 Å². The third-order valence-corrected chi connectivity index (χ3v) is 4.38. The predicted octanol–water partition coefficient (Wildman–Crippen LogP) is 1.12. The minimum atomic E-state index is -3.76. The van der Waals surface area contributed by atoms with Crippen molar-refractivity contribution >= 4 is 15.9 Å². The van der Waals surface area contributed by atoms with E-state index in [9.17, 15) is 13.2 Å². The van der Waals surface area contributed by atoms with E-state index in [1.165, 1.54) is 11.0 Å². The fourth-order valence-electron chi connectivity index (χ4n) is 2.00. The fraction of sp³-hybridized carbons (Fsp3) is 0.500. The molecule has 0 spiro atoms. The van der Waals surface area contributed by atoms with Crippen molar-refractivity contribution in [1.29, 1.82) is 0 Å². The molecule has 0 atom stereocenters. The summed E-state index contributed by atoms with van der Waals surface area (Å²) >= 11 is 0. The number of primary sulfonamides is 1. The maximum absolute atomic E-state index is 11.5. The number of amides is 1. The van der Waals surface area contributed by atoms with Crippen molar-refractivity contribution in [3.8, 4) is 5.75 Å². The van der Waals surface area contributed by atoms with Crippen molar-refractivity contribution in [1.82, 2.24) is 4.90 Å². The summed E-state index contributed by atoms with van der Waals surface area (Å²) < 4.78 is 28.7. The summed E-state index contributed by atoms with van der Waals surface area (Å²) in [5.74, 6) is 0.578. The zero-order valence-corrected chi connectivity index (χ0v) is 13.9. The van der Waals surface area contributed by atoms with Gasteiger partial charge in [0.2, 0.25) is 15.9 Å². The zero-order chi connectivity index (χ0) is 16.4. The number of hydrogen-bond donors (Lipinski definition) is 1. The summed E-state index contributed by atoms with van der Waals surface area (Å²) in [5, 5.41) is 5.20. The molecule has 0 unspecified atom stereocenters. The highest BCUT2D eigenvalue weighted by molar-refractivity contribution is 7.89. The molecule has 0 aliphatic carbocycles. The number of nitrogens with zero attached hydrogens (tertiary/aromatic N) is 1. The highest BCUT2D eigenvalue weighted by Crippen LogP contribution is 2.30. The van der Waals surface area contributed by atoms with E-state index in [2.05, 4.69) is 0 Å². The van der Waals surface area contributed by atoms with Crippen LogP contribution in [0, 0.1) is 20.8 Å². The first-order chi connectivity index (χ1) is 9.55. The van der Waals surface area contributed by atoms with Crippen molar-refractivity contribution in [3.63, 3.8) is 0 Å². The Morgan fingerprint density at radius 3 is 2.29 bits per heavy atom. The second kappa shape index (κ2) is 6.44. The summed E-state index contributed by atoms with van der Waals surface area (Å²) in [4.78, 5) is 13.1. The van der Waals surface area contributed by atoms with Crippen LogP contribution in [0.4, 0.5) is 0 Å².